The third-order valence-electron chi connectivity index (χ3n) is 3.54. The molecule has 1 atom stereocenters. The van der Waals surface area contributed by atoms with E-state index in [9.17, 15) is 9.50 Å². The fourth-order valence-electron chi connectivity index (χ4n) is 2.49. The quantitative estimate of drug-likeness (QED) is 0.894. The van der Waals surface area contributed by atoms with Crippen molar-refractivity contribution < 1.29 is 9.50 Å². The maximum absolute atomic E-state index is 14.3. The summed E-state index contributed by atoms with van der Waals surface area (Å²) in [5.74, 6) is 0.0168. The Labute approximate surface area is 107 Å². The number of anilines is 1. The first-order chi connectivity index (χ1) is 8.77. The number of aliphatic hydroxyl groups excluding tert-OH is 1. The van der Waals surface area contributed by atoms with Crippen LogP contribution in [0.4, 0.5) is 10.2 Å². The number of rotatable bonds is 3. The maximum Gasteiger partial charge on any atom is 0.187 e. The molecule has 5 heteroatoms. The van der Waals surface area contributed by atoms with Gasteiger partial charge in [0.05, 0.1) is 18.3 Å². The van der Waals surface area contributed by atoms with Gasteiger partial charge in [-0.25, -0.2) is 14.4 Å². The van der Waals surface area contributed by atoms with E-state index in [2.05, 4.69) is 9.97 Å². The summed E-state index contributed by atoms with van der Waals surface area (Å²) >= 11 is 0. The van der Waals surface area contributed by atoms with E-state index in [0.717, 1.165) is 32.2 Å². The number of halogens is 1. The minimum Gasteiger partial charge on any atom is -0.394 e. The molecule has 1 aromatic heterocycles. The van der Waals surface area contributed by atoms with Gasteiger partial charge in [0, 0.05) is 6.54 Å². The van der Waals surface area contributed by atoms with E-state index >= 15 is 0 Å². The van der Waals surface area contributed by atoms with Crippen LogP contribution < -0.4 is 4.90 Å². The summed E-state index contributed by atoms with van der Waals surface area (Å²) < 4.78 is 14.3. The largest absolute Gasteiger partial charge is 0.394 e. The smallest absolute Gasteiger partial charge is 0.187 e. The summed E-state index contributed by atoms with van der Waals surface area (Å²) in [7, 11) is 0. The predicted molar refractivity (Wildman–Crippen MR) is 68.1 cm³/mol. The van der Waals surface area contributed by atoms with Crippen LogP contribution in [0, 0.1) is 5.82 Å². The topological polar surface area (TPSA) is 49.2 Å². The number of aryl methyl sites for hydroxylation is 1. The summed E-state index contributed by atoms with van der Waals surface area (Å²) in [6, 6.07) is -0.0263. The Kier molecular flexibility index (Phi) is 4.47. The number of nitrogens with zero attached hydrogens (tertiary/aromatic N) is 3. The highest BCUT2D eigenvalue weighted by Gasteiger charge is 2.25. The molecule has 0 aliphatic carbocycles. The van der Waals surface area contributed by atoms with Crippen molar-refractivity contribution in [2.45, 2.75) is 45.1 Å². The molecule has 1 unspecified atom stereocenters. The molecule has 2 rings (SSSR count). The van der Waals surface area contributed by atoms with Gasteiger partial charge in [-0.3, -0.25) is 0 Å². The van der Waals surface area contributed by atoms with E-state index in [1.807, 2.05) is 11.8 Å². The SMILES string of the molecule is CCc1ncnc(N2CCCCCC2CO)c1F. The Balaban J connectivity index is 2.32. The minimum absolute atomic E-state index is 0.0263. The van der Waals surface area contributed by atoms with Gasteiger partial charge in [-0.1, -0.05) is 19.8 Å². The van der Waals surface area contributed by atoms with Crippen molar-refractivity contribution in [2.75, 3.05) is 18.1 Å². The second kappa shape index (κ2) is 6.09. The van der Waals surface area contributed by atoms with Crippen molar-refractivity contribution in [1.29, 1.82) is 0 Å². The van der Waals surface area contributed by atoms with E-state index in [1.54, 1.807) is 0 Å². The average Bonchev–Trinajstić information content (AvgIpc) is 2.64. The van der Waals surface area contributed by atoms with Crippen molar-refractivity contribution in [3.8, 4) is 0 Å². The molecule has 1 aliphatic rings. The molecule has 18 heavy (non-hydrogen) atoms. The van der Waals surface area contributed by atoms with Gasteiger partial charge in [0.1, 0.15) is 6.33 Å². The lowest BCUT2D eigenvalue weighted by atomic mass is 10.1. The van der Waals surface area contributed by atoms with Gasteiger partial charge in [0.2, 0.25) is 0 Å². The van der Waals surface area contributed by atoms with Crippen LogP contribution >= 0.6 is 0 Å². The number of aliphatic hydroxyl groups is 1. The fraction of sp³-hybridized carbons (Fsp3) is 0.692. The van der Waals surface area contributed by atoms with Gasteiger partial charge in [-0.15, -0.1) is 0 Å². The molecular formula is C13H20FN3O. The Morgan fingerprint density at radius 1 is 1.39 bits per heavy atom. The van der Waals surface area contributed by atoms with Gasteiger partial charge in [-0.05, 0) is 19.3 Å². The molecule has 0 bridgehead atoms. The molecule has 4 nitrogen and oxygen atoms in total. The first-order valence-corrected chi connectivity index (χ1v) is 6.64. The van der Waals surface area contributed by atoms with E-state index in [-0.39, 0.29) is 18.5 Å². The molecule has 0 aromatic carbocycles. The van der Waals surface area contributed by atoms with Crippen molar-refractivity contribution >= 4 is 5.82 Å². The number of aromatic nitrogens is 2. The van der Waals surface area contributed by atoms with E-state index in [0.29, 0.717) is 17.9 Å². The third-order valence-corrected chi connectivity index (χ3v) is 3.54. The molecule has 1 fully saturated rings. The second-order valence-electron chi connectivity index (χ2n) is 4.69. The molecule has 1 saturated heterocycles. The fourth-order valence-corrected chi connectivity index (χ4v) is 2.49. The zero-order chi connectivity index (χ0) is 13.0. The Bertz CT molecular complexity index is 400. The van der Waals surface area contributed by atoms with Crippen molar-refractivity contribution in [2.24, 2.45) is 0 Å². The van der Waals surface area contributed by atoms with Crippen LogP contribution in [0.5, 0.6) is 0 Å². The minimum atomic E-state index is -0.333. The van der Waals surface area contributed by atoms with Crippen molar-refractivity contribution in [3.63, 3.8) is 0 Å². The highest BCUT2D eigenvalue weighted by atomic mass is 19.1. The van der Waals surface area contributed by atoms with Crippen molar-refractivity contribution in [1.82, 2.24) is 9.97 Å². The number of hydrogen-bond donors (Lipinski definition) is 1. The summed E-state index contributed by atoms with van der Waals surface area (Å²) in [6.07, 6.45) is 6.08. The molecule has 1 aliphatic heterocycles. The maximum atomic E-state index is 14.3. The number of hydrogen-bond acceptors (Lipinski definition) is 4. The molecule has 100 valence electrons. The van der Waals surface area contributed by atoms with Crippen LogP contribution in [0.3, 0.4) is 0 Å². The van der Waals surface area contributed by atoms with Crippen LogP contribution in [-0.4, -0.2) is 34.3 Å². The zero-order valence-corrected chi connectivity index (χ0v) is 10.8. The summed E-state index contributed by atoms with van der Waals surface area (Å²) in [4.78, 5) is 9.94. The lowest BCUT2D eigenvalue weighted by molar-refractivity contribution is 0.254. The highest BCUT2D eigenvalue weighted by Crippen LogP contribution is 2.25. The molecule has 1 aromatic rings. The van der Waals surface area contributed by atoms with E-state index in [4.69, 9.17) is 0 Å². The summed E-state index contributed by atoms with van der Waals surface area (Å²) in [6.45, 7) is 2.67. The molecule has 2 heterocycles. The normalized spacial score (nSPS) is 20.8. The van der Waals surface area contributed by atoms with Gasteiger partial charge >= 0.3 is 0 Å². The summed E-state index contributed by atoms with van der Waals surface area (Å²) in [5.41, 5.74) is 0.445. The van der Waals surface area contributed by atoms with E-state index in [1.165, 1.54) is 6.33 Å². The van der Waals surface area contributed by atoms with Gasteiger partial charge in [-0.2, -0.15) is 0 Å². The standard InChI is InChI=1S/C13H20FN3O/c1-2-11-12(14)13(16-9-15-11)17-7-5-3-4-6-10(17)8-18/h9-10,18H,2-8H2,1H3. The third kappa shape index (κ3) is 2.61. The zero-order valence-electron chi connectivity index (χ0n) is 10.8. The van der Waals surface area contributed by atoms with Gasteiger partial charge in [0.15, 0.2) is 11.6 Å². The molecule has 0 spiro atoms. The summed E-state index contributed by atoms with van der Waals surface area (Å²) in [5, 5.41) is 9.46. The Morgan fingerprint density at radius 3 is 2.94 bits per heavy atom. The monoisotopic (exact) mass is 253 g/mol. The van der Waals surface area contributed by atoms with Crippen LogP contribution in [-0.2, 0) is 6.42 Å². The van der Waals surface area contributed by atoms with Gasteiger partial charge in [0.25, 0.3) is 0 Å². The molecule has 0 saturated carbocycles. The Hall–Kier alpha value is -1.23. The molecule has 0 amide bonds. The second-order valence-corrected chi connectivity index (χ2v) is 4.69. The molecule has 0 radical (unpaired) electrons. The molecule has 1 N–H and O–H groups in total. The van der Waals surface area contributed by atoms with Gasteiger partial charge < -0.3 is 10.0 Å². The van der Waals surface area contributed by atoms with Crippen LogP contribution in [0.15, 0.2) is 6.33 Å². The van der Waals surface area contributed by atoms with Crippen LogP contribution in [0.1, 0.15) is 38.3 Å². The first kappa shape index (κ1) is 13.2. The van der Waals surface area contributed by atoms with Crippen LogP contribution in [0.25, 0.3) is 0 Å². The van der Waals surface area contributed by atoms with Crippen molar-refractivity contribution in [3.05, 3.63) is 17.8 Å². The Morgan fingerprint density at radius 2 is 2.22 bits per heavy atom. The first-order valence-electron chi connectivity index (χ1n) is 6.64. The lowest BCUT2D eigenvalue weighted by Crippen LogP contribution is -2.39. The molecular weight excluding hydrogens is 233 g/mol. The van der Waals surface area contributed by atoms with E-state index < -0.39 is 0 Å². The van der Waals surface area contributed by atoms with Crippen LogP contribution in [0.2, 0.25) is 0 Å². The predicted octanol–water partition coefficient (Wildman–Crippen LogP) is 1.92. The highest BCUT2D eigenvalue weighted by molar-refractivity contribution is 5.42. The average molecular weight is 253 g/mol. The lowest BCUT2D eigenvalue weighted by Gasteiger charge is -2.30.